The van der Waals surface area contributed by atoms with Crippen molar-refractivity contribution in [2.75, 3.05) is 11.9 Å². The predicted molar refractivity (Wildman–Crippen MR) is 115 cm³/mol. The van der Waals surface area contributed by atoms with Gasteiger partial charge in [0, 0.05) is 31.0 Å². The van der Waals surface area contributed by atoms with E-state index in [1.807, 2.05) is 48.0 Å². The van der Waals surface area contributed by atoms with Gasteiger partial charge in [-0.1, -0.05) is 12.1 Å². The van der Waals surface area contributed by atoms with Crippen molar-refractivity contribution in [3.63, 3.8) is 0 Å². The molecule has 1 atom stereocenters. The molecule has 30 heavy (non-hydrogen) atoms. The number of para-hydroxylation sites is 2. The summed E-state index contributed by atoms with van der Waals surface area (Å²) in [5.74, 6) is 1.23. The standard InChI is InChI=1S/C23H27N5O2/c1-3-28-16-18(17(2)26-28)15-27-13-7-10-21(27)23(29)25-20-9-4-5-11-22(20)30-19-8-6-12-24-14-19/h4-6,8-9,11-12,14,16,21H,3,7,10,13,15H2,1-2H3,(H,25,29)/t21-/m1/s1. The second kappa shape index (κ2) is 9.09. The Morgan fingerprint density at radius 2 is 2.13 bits per heavy atom. The summed E-state index contributed by atoms with van der Waals surface area (Å²) in [4.78, 5) is 19.4. The molecule has 0 bridgehead atoms. The summed E-state index contributed by atoms with van der Waals surface area (Å²) in [5, 5.41) is 7.60. The molecule has 1 aliphatic rings. The molecule has 1 aliphatic heterocycles. The molecule has 4 rings (SSSR count). The van der Waals surface area contributed by atoms with E-state index in [0.717, 1.165) is 38.2 Å². The van der Waals surface area contributed by atoms with Crippen LogP contribution >= 0.6 is 0 Å². The summed E-state index contributed by atoms with van der Waals surface area (Å²) in [6, 6.07) is 11.0. The first-order chi connectivity index (χ1) is 14.6. The van der Waals surface area contributed by atoms with Crippen LogP contribution in [-0.2, 0) is 17.9 Å². The largest absolute Gasteiger partial charge is 0.454 e. The Hall–Kier alpha value is -3.19. The van der Waals surface area contributed by atoms with Gasteiger partial charge in [-0.2, -0.15) is 5.10 Å². The number of carbonyl (C=O) groups excluding carboxylic acids is 1. The molecule has 1 saturated heterocycles. The van der Waals surface area contributed by atoms with E-state index in [9.17, 15) is 4.79 Å². The van der Waals surface area contributed by atoms with Crippen LogP contribution < -0.4 is 10.1 Å². The van der Waals surface area contributed by atoms with E-state index >= 15 is 0 Å². The number of hydrogen-bond donors (Lipinski definition) is 1. The zero-order valence-corrected chi connectivity index (χ0v) is 17.4. The zero-order valence-electron chi connectivity index (χ0n) is 17.4. The Labute approximate surface area is 176 Å². The van der Waals surface area contributed by atoms with E-state index in [1.54, 1.807) is 12.4 Å². The first-order valence-corrected chi connectivity index (χ1v) is 10.4. The van der Waals surface area contributed by atoms with Gasteiger partial charge >= 0.3 is 0 Å². The highest BCUT2D eigenvalue weighted by Gasteiger charge is 2.31. The Morgan fingerprint density at radius 1 is 1.27 bits per heavy atom. The molecule has 0 radical (unpaired) electrons. The van der Waals surface area contributed by atoms with E-state index < -0.39 is 0 Å². The fourth-order valence-electron chi connectivity index (χ4n) is 3.82. The molecule has 0 saturated carbocycles. The van der Waals surface area contributed by atoms with Gasteiger partial charge < -0.3 is 10.1 Å². The molecule has 3 aromatic rings. The number of hydrogen-bond acceptors (Lipinski definition) is 5. The van der Waals surface area contributed by atoms with Gasteiger partial charge in [0.25, 0.3) is 0 Å². The second-order valence-electron chi connectivity index (χ2n) is 7.50. The SMILES string of the molecule is CCn1cc(CN2CCC[C@@H]2C(=O)Nc2ccccc2Oc2cccnc2)c(C)n1. The minimum Gasteiger partial charge on any atom is -0.454 e. The maximum Gasteiger partial charge on any atom is 0.241 e. The highest BCUT2D eigenvalue weighted by molar-refractivity contribution is 5.96. The average molecular weight is 406 g/mol. The molecule has 7 heteroatoms. The molecular weight excluding hydrogens is 378 g/mol. The van der Waals surface area contributed by atoms with Crippen molar-refractivity contribution in [3.05, 3.63) is 66.2 Å². The Kier molecular flexibility index (Phi) is 6.09. The van der Waals surface area contributed by atoms with Crippen LogP contribution in [0.5, 0.6) is 11.5 Å². The number of anilines is 1. The molecule has 1 amide bonds. The lowest BCUT2D eigenvalue weighted by atomic mass is 10.1. The van der Waals surface area contributed by atoms with Crippen LogP contribution in [0.4, 0.5) is 5.69 Å². The number of ether oxygens (including phenoxy) is 1. The fraction of sp³-hybridized carbons (Fsp3) is 0.348. The molecule has 0 aliphatic carbocycles. The smallest absolute Gasteiger partial charge is 0.241 e. The molecule has 156 valence electrons. The summed E-state index contributed by atoms with van der Waals surface area (Å²) < 4.78 is 7.87. The van der Waals surface area contributed by atoms with Crippen molar-refractivity contribution in [1.29, 1.82) is 0 Å². The monoisotopic (exact) mass is 405 g/mol. The van der Waals surface area contributed by atoms with E-state index in [0.29, 0.717) is 17.2 Å². The first-order valence-electron chi connectivity index (χ1n) is 10.4. The Bertz CT molecular complexity index is 1000. The van der Waals surface area contributed by atoms with Crippen molar-refractivity contribution < 1.29 is 9.53 Å². The number of nitrogens with zero attached hydrogens (tertiary/aromatic N) is 4. The topological polar surface area (TPSA) is 72.3 Å². The maximum absolute atomic E-state index is 13.1. The highest BCUT2D eigenvalue weighted by Crippen LogP contribution is 2.30. The van der Waals surface area contributed by atoms with Gasteiger partial charge in [0.1, 0.15) is 5.75 Å². The molecule has 0 unspecified atom stereocenters. The number of carbonyl (C=O) groups is 1. The minimum absolute atomic E-state index is 0.00438. The van der Waals surface area contributed by atoms with Gasteiger partial charge in [-0.05, 0) is 57.5 Å². The van der Waals surface area contributed by atoms with Crippen LogP contribution in [0.3, 0.4) is 0 Å². The van der Waals surface area contributed by atoms with Crippen LogP contribution in [-0.4, -0.2) is 38.2 Å². The molecule has 3 heterocycles. The second-order valence-corrected chi connectivity index (χ2v) is 7.50. The number of pyridine rings is 1. The van der Waals surface area contributed by atoms with E-state index in [1.165, 1.54) is 5.56 Å². The average Bonchev–Trinajstić information content (AvgIpc) is 3.37. The predicted octanol–water partition coefficient (Wildman–Crippen LogP) is 4.00. The maximum atomic E-state index is 13.1. The molecule has 0 spiro atoms. The zero-order chi connectivity index (χ0) is 20.9. The van der Waals surface area contributed by atoms with Gasteiger partial charge in [0.15, 0.2) is 5.75 Å². The number of benzene rings is 1. The van der Waals surface area contributed by atoms with Gasteiger partial charge in [-0.3, -0.25) is 19.4 Å². The third-order valence-corrected chi connectivity index (χ3v) is 5.42. The third kappa shape index (κ3) is 4.52. The highest BCUT2D eigenvalue weighted by atomic mass is 16.5. The Morgan fingerprint density at radius 3 is 2.90 bits per heavy atom. The number of aromatic nitrogens is 3. The number of nitrogens with one attached hydrogen (secondary N) is 1. The van der Waals surface area contributed by atoms with Crippen molar-refractivity contribution >= 4 is 11.6 Å². The van der Waals surface area contributed by atoms with Crippen LogP contribution in [0.15, 0.2) is 55.0 Å². The number of amides is 1. The van der Waals surface area contributed by atoms with Gasteiger partial charge in [-0.15, -0.1) is 0 Å². The summed E-state index contributed by atoms with van der Waals surface area (Å²) >= 11 is 0. The lowest BCUT2D eigenvalue weighted by Crippen LogP contribution is -2.39. The fourth-order valence-corrected chi connectivity index (χ4v) is 3.82. The third-order valence-electron chi connectivity index (χ3n) is 5.42. The summed E-state index contributed by atoms with van der Waals surface area (Å²) in [7, 11) is 0. The van der Waals surface area contributed by atoms with E-state index in [2.05, 4.69) is 33.4 Å². The van der Waals surface area contributed by atoms with Crippen LogP contribution in [0.1, 0.15) is 31.0 Å². The first kappa shape index (κ1) is 20.1. The summed E-state index contributed by atoms with van der Waals surface area (Å²) in [6.45, 7) is 6.59. The van der Waals surface area contributed by atoms with Crippen molar-refractivity contribution in [3.8, 4) is 11.5 Å². The van der Waals surface area contributed by atoms with Gasteiger partial charge in [0.2, 0.25) is 5.91 Å². The number of aryl methyl sites for hydroxylation is 2. The van der Waals surface area contributed by atoms with Crippen molar-refractivity contribution in [2.24, 2.45) is 0 Å². The quantitative estimate of drug-likeness (QED) is 0.643. The normalized spacial score (nSPS) is 16.5. The summed E-state index contributed by atoms with van der Waals surface area (Å²) in [6.07, 6.45) is 7.28. The van der Waals surface area contributed by atoms with Gasteiger partial charge in [0.05, 0.1) is 23.6 Å². The van der Waals surface area contributed by atoms with E-state index in [-0.39, 0.29) is 11.9 Å². The summed E-state index contributed by atoms with van der Waals surface area (Å²) in [5.41, 5.74) is 2.86. The van der Waals surface area contributed by atoms with Crippen molar-refractivity contribution in [1.82, 2.24) is 19.7 Å². The number of rotatable bonds is 7. The minimum atomic E-state index is -0.166. The molecular formula is C23H27N5O2. The van der Waals surface area contributed by atoms with Crippen molar-refractivity contribution in [2.45, 2.75) is 45.8 Å². The lowest BCUT2D eigenvalue weighted by molar-refractivity contribution is -0.120. The van der Waals surface area contributed by atoms with Gasteiger partial charge in [-0.25, -0.2) is 0 Å². The van der Waals surface area contributed by atoms with Crippen LogP contribution in [0, 0.1) is 6.92 Å². The van der Waals surface area contributed by atoms with Crippen LogP contribution in [0.2, 0.25) is 0 Å². The molecule has 1 aromatic carbocycles. The molecule has 2 aromatic heterocycles. The van der Waals surface area contributed by atoms with Crippen LogP contribution in [0.25, 0.3) is 0 Å². The van der Waals surface area contributed by atoms with E-state index in [4.69, 9.17) is 4.74 Å². The molecule has 1 fully saturated rings. The Balaban J connectivity index is 1.46. The molecule has 7 nitrogen and oxygen atoms in total. The lowest BCUT2D eigenvalue weighted by Gasteiger charge is -2.24. The molecule has 1 N–H and O–H groups in total. The number of likely N-dealkylation sites (tertiary alicyclic amines) is 1.